The zero-order valence-corrected chi connectivity index (χ0v) is 9.67. The van der Waals surface area contributed by atoms with E-state index in [2.05, 4.69) is 6.92 Å². The summed E-state index contributed by atoms with van der Waals surface area (Å²) in [5, 5.41) is 8.92. The maximum Gasteiger partial charge on any atom is 0.303 e. The Labute approximate surface area is 92.1 Å². The summed E-state index contributed by atoms with van der Waals surface area (Å²) in [4.78, 5) is 10.8. The van der Waals surface area contributed by atoms with Crippen LogP contribution in [-0.2, 0) is 4.79 Å². The molecule has 0 aromatic carbocycles. The number of carbonyl (C=O) groups is 1. The van der Waals surface area contributed by atoms with Gasteiger partial charge in [0.25, 0.3) is 0 Å². The van der Waals surface area contributed by atoms with Crippen LogP contribution in [0.3, 0.4) is 0 Å². The predicted octanol–water partition coefficient (Wildman–Crippen LogP) is 3.46. The normalized spacial score (nSPS) is 33.7. The van der Waals surface area contributed by atoms with Gasteiger partial charge in [-0.15, -0.1) is 0 Å². The number of carboxylic acid groups (broad SMARTS) is 1. The fourth-order valence-corrected chi connectivity index (χ4v) is 3.37. The molecule has 0 amide bonds. The first-order chi connectivity index (χ1) is 7.16. The quantitative estimate of drug-likeness (QED) is 0.771. The number of rotatable bonds is 4. The lowest BCUT2D eigenvalue weighted by atomic mass is 9.72. The molecule has 2 aliphatic carbocycles. The van der Waals surface area contributed by atoms with Crippen molar-refractivity contribution in [2.45, 2.75) is 58.3 Å². The van der Waals surface area contributed by atoms with Crippen molar-refractivity contribution in [1.82, 2.24) is 0 Å². The average molecular weight is 210 g/mol. The van der Waals surface area contributed by atoms with E-state index in [0.717, 1.165) is 11.8 Å². The molecule has 0 unspecified atom stereocenters. The monoisotopic (exact) mass is 210 g/mol. The number of hydrogen-bond acceptors (Lipinski definition) is 1. The molecule has 0 heterocycles. The van der Waals surface area contributed by atoms with Crippen LogP contribution in [0, 0.1) is 17.3 Å². The highest BCUT2D eigenvalue weighted by molar-refractivity contribution is 5.68. The number of aliphatic carboxylic acids is 1. The van der Waals surface area contributed by atoms with Crippen LogP contribution in [0.4, 0.5) is 0 Å². The summed E-state index contributed by atoms with van der Waals surface area (Å²) in [6, 6.07) is 0. The zero-order valence-electron chi connectivity index (χ0n) is 9.67. The molecule has 0 saturated heterocycles. The van der Waals surface area contributed by atoms with E-state index in [0.29, 0.717) is 6.42 Å². The lowest BCUT2D eigenvalue weighted by molar-refractivity contribution is -0.139. The van der Waals surface area contributed by atoms with Crippen molar-refractivity contribution in [3.8, 4) is 0 Å². The van der Waals surface area contributed by atoms with Gasteiger partial charge in [-0.3, -0.25) is 4.79 Å². The minimum atomic E-state index is -0.592. The van der Waals surface area contributed by atoms with E-state index in [1.807, 2.05) is 0 Å². The number of hydrogen-bond donors (Lipinski definition) is 1. The summed E-state index contributed by atoms with van der Waals surface area (Å²) in [5.41, 5.74) is 0.227. The number of carboxylic acids is 1. The Morgan fingerprint density at radius 3 is 2.27 bits per heavy atom. The highest BCUT2D eigenvalue weighted by Crippen LogP contribution is 2.59. The van der Waals surface area contributed by atoms with Crippen molar-refractivity contribution < 1.29 is 9.90 Å². The molecule has 0 radical (unpaired) electrons. The molecule has 0 aromatic rings. The van der Waals surface area contributed by atoms with Gasteiger partial charge >= 0.3 is 5.97 Å². The van der Waals surface area contributed by atoms with E-state index in [1.54, 1.807) is 0 Å². The Bertz CT molecular complexity index is 235. The first kappa shape index (κ1) is 11.0. The van der Waals surface area contributed by atoms with Gasteiger partial charge in [-0.05, 0) is 42.9 Å². The van der Waals surface area contributed by atoms with Crippen molar-refractivity contribution >= 4 is 5.97 Å². The Kier molecular flexibility index (Phi) is 3.03. The average Bonchev–Trinajstić information content (AvgIpc) is 2.98. The molecule has 0 bridgehead atoms. The molecule has 2 fully saturated rings. The molecule has 2 aliphatic rings. The molecule has 2 heteroatoms. The first-order valence-corrected chi connectivity index (χ1v) is 6.38. The van der Waals surface area contributed by atoms with Crippen molar-refractivity contribution in [3.05, 3.63) is 0 Å². The van der Waals surface area contributed by atoms with Crippen LogP contribution in [-0.4, -0.2) is 11.1 Å². The lowest BCUT2D eigenvalue weighted by Gasteiger charge is -2.33. The Hall–Kier alpha value is -0.530. The van der Waals surface area contributed by atoms with Crippen LogP contribution < -0.4 is 0 Å². The smallest absolute Gasteiger partial charge is 0.303 e. The summed E-state index contributed by atoms with van der Waals surface area (Å²) in [5.74, 6) is 1.04. The second-order valence-corrected chi connectivity index (χ2v) is 5.56. The predicted molar refractivity (Wildman–Crippen MR) is 59.7 cm³/mol. The third-order valence-electron chi connectivity index (χ3n) is 4.69. The van der Waals surface area contributed by atoms with Crippen molar-refractivity contribution in [3.63, 3.8) is 0 Å². The van der Waals surface area contributed by atoms with Gasteiger partial charge in [-0.2, -0.15) is 0 Å². The molecule has 0 aromatic heterocycles. The molecule has 2 nitrogen and oxygen atoms in total. The standard InChI is InChI=1S/C13H22O2/c1-2-10-3-5-11(6-4-10)13(7-8-13)9-12(14)15/h10-11H,2-9H2,1H3,(H,14,15). The molecule has 0 spiro atoms. The molecule has 15 heavy (non-hydrogen) atoms. The fraction of sp³-hybridized carbons (Fsp3) is 0.923. The van der Waals surface area contributed by atoms with Gasteiger partial charge in [-0.25, -0.2) is 0 Å². The molecule has 2 rings (SSSR count). The minimum Gasteiger partial charge on any atom is -0.481 e. The summed E-state index contributed by atoms with van der Waals surface area (Å²) in [6.45, 7) is 2.27. The van der Waals surface area contributed by atoms with E-state index < -0.39 is 5.97 Å². The molecular formula is C13H22O2. The highest BCUT2D eigenvalue weighted by Gasteiger charge is 2.50. The summed E-state index contributed by atoms with van der Waals surface area (Å²) in [6.07, 6.45) is 9.30. The third-order valence-corrected chi connectivity index (χ3v) is 4.69. The van der Waals surface area contributed by atoms with Crippen LogP contribution in [0.25, 0.3) is 0 Å². The molecule has 1 N–H and O–H groups in total. The second-order valence-electron chi connectivity index (χ2n) is 5.56. The summed E-state index contributed by atoms with van der Waals surface area (Å²) in [7, 11) is 0. The Morgan fingerprint density at radius 2 is 1.87 bits per heavy atom. The van der Waals surface area contributed by atoms with Gasteiger partial charge in [0.1, 0.15) is 0 Å². The van der Waals surface area contributed by atoms with E-state index in [-0.39, 0.29) is 5.41 Å². The van der Waals surface area contributed by atoms with Gasteiger partial charge < -0.3 is 5.11 Å². The van der Waals surface area contributed by atoms with E-state index >= 15 is 0 Å². The molecule has 2 saturated carbocycles. The second kappa shape index (κ2) is 4.15. The van der Waals surface area contributed by atoms with Gasteiger partial charge in [0.15, 0.2) is 0 Å². The van der Waals surface area contributed by atoms with Crippen LogP contribution in [0.1, 0.15) is 58.3 Å². The fourth-order valence-electron chi connectivity index (χ4n) is 3.37. The van der Waals surface area contributed by atoms with Gasteiger partial charge in [-0.1, -0.05) is 26.2 Å². The van der Waals surface area contributed by atoms with Crippen molar-refractivity contribution in [2.75, 3.05) is 0 Å². The Morgan fingerprint density at radius 1 is 1.27 bits per heavy atom. The van der Waals surface area contributed by atoms with E-state index in [9.17, 15) is 4.79 Å². The van der Waals surface area contributed by atoms with Crippen molar-refractivity contribution in [1.29, 1.82) is 0 Å². The SMILES string of the molecule is CCC1CCC(C2(CC(=O)O)CC2)CC1. The van der Waals surface area contributed by atoms with E-state index in [1.165, 1.54) is 44.9 Å². The van der Waals surface area contributed by atoms with E-state index in [4.69, 9.17) is 5.11 Å². The minimum absolute atomic E-state index is 0.227. The third kappa shape index (κ3) is 2.35. The molecule has 0 aliphatic heterocycles. The molecule has 86 valence electrons. The summed E-state index contributed by atoms with van der Waals surface area (Å²) < 4.78 is 0. The summed E-state index contributed by atoms with van der Waals surface area (Å²) >= 11 is 0. The zero-order chi connectivity index (χ0) is 10.9. The highest BCUT2D eigenvalue weighted by atomic mass is 16.4. The lowest BCUT2D eigenvalue weighted by Crippen LogP contribution is -2.24. The van der Waals surface area contributed by atoms with Crippen molar-refractivity contribution in [2.24, 2.45) is 17.3 Å². The van der Waals surface area contributed by atoms with Gasteiger partial charge in [0.05, 0.1) is 6.42 Å². The van der Waals surface area contributed by atoms with Gasteiger partial charge in [0, 0.05) is 0 Å². The van der Waals surface area contributed by atoms with Crippen LogP contribution in [0.5, 0.6) is 0 Å². The maximum absolute atomic E-state index is 10.8. The topological polar surface area (TPSA) is 37.3 Å². The van der Waals surface area contributed by atoms with Crippen LogP contribution in [0.2, 0.25) is 0 Å². The largest absolute Gasteiger partial charge is 0.481 e. The molecule has 0 atom stereocenters. The van der Waals surface area contributed by atoms with Crippen LogP contribution in [0.15, 0.2) is 0 Å². The van der Waals surface area contributed by atoms with Gasteiger partial charge in [0.2, 0.25) is 0 Å². The maximum atomic E-state index is 10.8. The van der Waals surface area contributed by atoms with Crippen LogP contribution >= 0.6 is 0 Å². The first-order valence-electron chi connectivity index (χ1n) is 6.38. The molecular weight excluding hydrogens is 188 g/mol. The Balaban J connectivity index is 1.87.